The third kappa shape index (κ3) is 4.74. The number of hydrogen-bond acceptors (Lipinski definition) is 2. The molecule has 0 bridgehead atoms. The van der Waals surface area contributed by atoms with Crippen LogP contribution < -0.4 is 0 Å². The predicted octanol–water partition coefficient (Wildman–Crippen LogP) is 6.44. The zero-order valence-corrected chi connectivity index (χ0v) is 18.5. The second kappa shape index (κ2) is 8.46. The van der Waals surface area contributed by atoms with Gasteiger partial charge in [0.1, 0.15) is 5.75 Å². The fourth-order valence-electron chi connectivity index (χ4n) is 7.22. The first kappa shape index (κ1) is 21.0. The molecule has 1 aromatic carbocycles. The summed E-state index contributed by atoms with van der Waals surface area (Å²) in [4.78, 5) is 0. The van der Waals surface area contributed by atoms with E-state index in [9.17, 15) is 10.2 Å². The van der Waals surface area contributed by atoms with Crippen LogP contribution in [0.1, 0.15) is 82.8 Å². The first-order valence-corrected chi connectivity index (χ1v) is 12.0. The van der Waals surface area contributed by atoms with Gasteiger partial charge in [0.15, 0.2) is 0 Å². The number of aliphatic hydroxyl groups is 1. The smallest absolute Gasteiger partial charge is 0.116 e. The van der Waals surface area contributed by atoms with Crippen molar-refractivity contribution in [2.24, 2.45) is 28.6 Å². The van der Waals surface area contributed by atoms with Crippen molar-refractivity contribution in [2.75, 3.05) is 6.61 Å². The third-order valence-corrected chi connectivity index (χ3v) is 8.40. The molecule has 4 rings (SSSR count). The van der Waals surface area contributed by atoms with E-state index in [-0.39, 0.29) is 6.61 Å². The lowest BCUT2D eigenvalue weighted by molar-refractivity contribution is 0.0309. The van der Waals surface area contributed by atoms with Crippen molar-refractivity contribution < 1.29 is 10.2 Å². The van der Waals surface area contributed by atoms with Crippen LogP contribution in [0.5, 0.6) is 5.75 Å². The molecule has 0 aromatic heterocycles. The van der Waals surface area contributed by atoms with Crippen molar-refractivity contribution in [1.82, 2.24) is 0 Å². The first-order valence-electron chi connectivity index (χ1n) is 12.0. The van der Waals surface area contributed by atoms with Crippen LogP contribution in [-0.4, -0.2) is 16.8 Å². The molecule has 2 heteroatoms. The van der Waals surface area contributed by atoms with Gasteiger partial charge in [-0.15, -0.1) is 0 Å². The minimum atomic E-state index is 0.139. The molecule has 2 N–H and O–H groups in total. The number of benzene rings is 1. The Bertz CT molecular complexity index is 730. The topological polar surface area (TPSA) is 40.5 Å². The maximum absolute atomic E-state index is 10.2. The van der Waals surface area contributed by atoms with E-state index in [1.54, 1.807) is 6.07 Å². The average Bonchev–Trinajstić information content (AvgIpc) is 3.08. The summed E-state index contributed by atoms with van der Waals surface area (Å²) in [5, 5.41) is 19.5. The van der Waals surface area contributed by atoms with Crippen LogP contribution in [0.4, 0.5) is 0 Å². The molecule has 1 spiro atoms. The Labute approximate surface area is 177 Å². The van der Waals surface area contributed by atoms with Gasteiger partial charge in [0.2, 0.25) is 0 Å². The summed E-state index contributed by atoms with van der Waals surface area (Å²) in [5.74, 6) is 2.65. The molecule has 0 aliphatic heterocycles. The molecule has 0 saturated heterocycles. The highest BCUT2D eigenvalue weighted by atomic mass is 16.3. The predicted molar refractivity (Wildman–Crippen MR) is 120 cm³/mol. The number of phenolic OH excluding ortho intramolecular Hbond substituents is 1. The summed E-state index contributed by atoms with van der Waals surface area (Å²) in [5.41, 5.74) is 3.23. The van der Waals surface area contributed by atoms with E-state index in [1.165, 1.54) is 63.4 Å². The van der Waals surface area contributed by atoms with Crippen LogP contribution in [0.3, 0.4) is 0 Å². The number of hydrogen-bond donors (Lipinski definition) is 2. The molecule has 3 aliphatic carbocycles. The third-order valence-electron chi connectivity index (χ3n) is 8.40. The van der Waals surface area contributed by atoms with E-state index >= 15 is 0 Å². The normalized spacial score (nSPS) is 34.0. The zero-order chi connectivity index (χ0) is 20.5. The van der Waals surface area contributed by atoms with Crippen molar-refractivity contribution >= 4 is 0 Å². The van der Waals surface area contributed by atoms with Gasteiger partial charge in [0.05, 0.1) is 0 Å². The number of aromatic hydroxyl groups is 1. The fraction of sp³-hybridized carbons (Fsp3) is 0.704. The highest BCUT2D eigenvalue weighted by Gasteiger charge is 2.47. The second-order valence-corrected chi connectivity index (χ2v) is 11.1. The Balaban J connectivity index is 1.56. The minimum Gasteiger partial charge on any atom is -0.508 e. The molecule has 0 amide bonds. The summed E-state index contributed by atoms with van der Waals surface area (Å²) in [6.45, 7) is 5.09. The van der Waals surface area contributed by atoms with Crippen molar-refractivity contribution in [3.63, 3.8) is 0 Å². The molecule has 29 heavy (non-hydrogen) atoms. The molecule has 2 saturated carbocycles. The van der Waals surface area contributed by atoms with Gasteiger partial charge >= 0.3 is 0 Å². The Morgan fingerprint density at radius 2 is 1.79 bits per heavy atom. The molecule has 3 aliphatic rings. The number of phenols is 1. The summed E-state index contributed by atoms with van der Waals surface area (Å²) >= 11 is 0. The van der Waals surface area contributed by atoms with Gasteiger partial charge in [0, 0.05) is 6.61 Å². The molecule has 2 nitrogen and oxygen atoms in total. The SMILES string of the molecule is CC1CC=CC(C)(C2CC(Cc3cc(O)cc(CCO)c3)CC3(CCCC3)C2)C1. The Morgan fingerprint density at radius 3 is 2.52 bits per heavy atom. The van der Waals surface area contributed by atoms with E-state index < -0.39 is 0 Å². The molecule has 2 fully saturated rings. The number of aliphatic hydroxyl groups excluding tert-OH is 1. The summed E-state index contributed by atoms with van der Waals surface area (Å²) in [6, 6.07) is 5.97. The van der Waals surface area contributed by atoms with Gasteiger partial charge in [-0.3, -0.25) is 0 Å². The average molecular weight is 397 g/mol. The maximum Gasteiger partial charge on any atom is 0.116 e. The highest BCUT2D eigenvalue weighted by Crippen LogP contribution is 2.58. The molecular formula is C27H40O2. The maximum atomic E-state index is 10.2. The van der Waals surface area contributed by atoms with Crippen LogP contribution in [0, 0.1) is 28.6 Å². The summed E-state index contributed by atoms with van der Waals surface area (Å²) in [7, 11) is 0. The minimum absolute atomic E-state index is 0.139. The molecule has 4 unspecified atom stereocenters. The summed E-state index contributed by atoms with van der Waals surface area (Å²) in [6.07, 6.45) is 19.1. The first-order chi connectivity index (χ1) is 13.9. The van der Waals surface area contributed by atoms with Crippen molar-refractivity contribution in [3.8, 4) is 5.75 Å². The van der Waals surface area contributed by atoms with Gasteiger partial charge in [0.25, 0.3) is 0 Å². The van der Waals surface area contributed by atoms with Crippen LogP contribution in [0.2, 0.25) is 0 Å². The van der Waals surface area contributed by atoms with E-state index in [0.29, 0.717) is 28.9 Å². The van der Waals surface area contributed by atoms with Crippen molar-refractivity contribution in [1.29, 1.82) is 0 Å². The fourth-order valence-corrected chi connectivity index (χ4v) is 7.22. The molecule has 1 aromatic rings. The lowest BCUT2D eigenvalue weighted by Crippen LogP contribution is -2.40. The molecule has 0 radical (unpaired) electrons. The Kier molecular flexibility index (Phi) is 6.11. The molecule has 0 heterocycles. The molecular weight excluding hydrogens is 356 g/mol. The highest BCUT2D eigenvalue weighted by molar-refractivity contribution is 5.34. The van der Waals surface area contributed by atoms with Gasteiger partial charge in [-0.05, 0) is 110 Å². The van der Waals surface area contributed by atoms with Crippen molar-refractivity contribution in [2.45, 2.75) is 84.5 Å². The zero-order valence-electron chi connectivity index (χ0n) is 18.5. The molecule has 160 valence electrons. The van der Waals surface area contributed by atoms with Crippen molar-refractivity contribution in [3.05, 3.63) is 41.5 Å². The lowest BCUT2D eigenvalue weighted by Gasteiger charge is -2.50. The number of allylic oxidation sites excluding steroid dienone is 2. The number of rotatable bonds is 5. The van der Waals surface area contributed by atoms with Gasteiger partial charge in [-0.2, -0.15) is 0 Å². The van der Waals surface area contributed by atoms with Crippen LogP contribution >= 0.6 is 0 Å². The van der Waals surface area contributed by atoms with Crippen LogP contribution in [-0.2, 0) is 12.8 Å². The quantitative estimate of drug-likeness (QED) is 0.562. The largest absolute Gasteiger partial charge is 0.508 e. The lowest BCUT2D eigenvalue weighted by atomic mass is 9.55. The van der Waals surface area contributed by atoms with E-state index in [1.807, 2.05) is 6.07 Å². The van der Waals surface area contributed by atoms with Gasteiger partial charge in [-0.25, -0.2) is 0 Å². The van der Waals surface area contributed by atoms with Gasteiger partial charge < -0.3 is 10.2 Å². The van der Waals surface area contributed by atoms with Crippen LogP contribution in [0.15, 0.2) is 30.4 Å². The van der Waals surface area contributed by atoms with Crippen LogP contribution in [0.25, 0.3) is 0 Å². The van der Waals surface area contributed by atoms with E-state index in [2.05, 4.69) is 32.1 Å². The van der Waals surface area contributed by atoms with Gasteiger partial charge in [-0.1, -0.05) is 44.9 Å². The Morgan fingerprint density at radius 1 is 1.03 bits per heavy atom. The second-order valence-electron chi connectivity index (χ2n) is 11.1. The molecule has 4 atom stereocenters. The van der Waals surface area contributed by atoms with E-state index in [4.69, 9.17) is 0 Å². The standard InChI is InChI=1S/C27H40O2/c1-20-6-5-8-26(2,17-20)24-14-23(18-27(19-24)9-3-4-10-27)13-22-12-21(7-11-28)15-25(29)16-22/h5,8,12,15-16,20,23-24,28-29H,3-4,6-7,9-11,13-14,17-19H2,1-2H3. The Hall–Kier alpha value is -1.28. The monoisotopic (exact) mass is 396 g/mol. The summed E-state index contributed by atoms with van der Waals surface area (Å²) < 4.78 is 0. The van der Waals surface area contributed by atoms with E-state index in [0.717, 1.165) is 23.8 Å².